The fraction of sp³-hybridized carbons (Fsp3) is 0.429. The number of nitrogens with zero attached hydrogens (tertiary/aromatic N) is 6. The van der Waals surface area contributed by atoms with Gasteiger partial charge in [0.05, 0.1) is 17.0 Å². The van der Waals surface area contributed by atoms with Crippen molar-refractivity contribution >= 4 is 16.6 Å². The molecule has 0 radical (unpaired) electrons. The van der Waals surface area contributed by atoms with Crippen molar-refractivity contribution in [2.45, 2.75) is 33.4 Å². The Kier molecular flexibility index (Phi) is 5.34. The van der Waals surface area contributed by atoms with E-state index in [1.807, 2.05) is 33.2 Å². The second-order valence-electron chi connectivity index (χ2n) is 7.45. The van der Waals surface area contributed by atoms with Crippen LogP contribution in [0.15, 0.2) is 36.9 Å². The molecule has 1 aromatic carbocycles. The largest absolute Gasteiger partial charge is 0.474 e. The molecule has 2 aromatic heterocycles. The highest BCUT2D eigenvalue weighted by Gasteiger charge is 2.18. The topological polar surface area (TPSA) is 67.3 Å². The fourth-order valence-corrected chi connectivity index (χ4v) is 3.46. The second-order valence-corrected chi connectivity index (χ2v) is 7.45. The van der Waals surface area contributed by atoms with Gasteiger partial charge in [-0.15, -0.1) is 0 Å². The zero-order chi connectivity index (χ0) is 19.5. The van der Waals surface area contributed by atoms with Crippen LogP contribution in [0.3, 0.4) is 0 Å². The normalized spacial score (nSPS) is 15.4. The number of aryl methyl sites for hydroxylation is 1. The summed E-state index contributed by atoms with van der Waals surface area (Å²) in [5.41, 5.74) is 3.26. The van der Waals surface area contributed by atoms with Gasteiger partial charge in [-0.25, -0.2) is 19.9 Å². The summed E-state index contributed by atoms with van der Waals surface area (Å²) in [6.07, 6.45) is 5.49. The quantitative estimate of drug-likeness (QED) is 0.676. The first kappa shape index (κ1) is 18.6. The van der Waals surface area contributed by atoms with Gasteiger partial charge in [0.25, 0.3) is 0 Å². The van der Waals surface area contributed by atoms with E-state index in [-0.39, 0.29) is 6.10 Å². The zero-order valence-electron chi connectivity index (χ0n) is 16.7. The summed E-state index contributed by atoms with van der Waals surface area (Å²) in [6, 6.07) is 6.34. The van der Waals surface area contributed by atoms with Gasteiger partial charge in [-0.2, -0.15) is 0 Å². The van der Waals surface area contributed by atoms with Crippen LogP contribution >= 0.6 is 0 Å². The van der Waals surface area contributed by atoms with Gasteiger partial charge in [0.15, 0.2) is 0 Å². The van der Waals surface area contributed by atoms with Crippen LogP contribution in [-0.4, -0.2) is 57.1 Å². The lowest BCUT2D eigenvalue weighted by Crippen LogP contribution is -2.46. The van der Waals surface area contributed by atoms with Gasteiger partial charge in [-0.05, 0) is 39.0 Å². The number of anilines is 1. The van der Waals surface area contributed by atoms with E-state index in [9.17, 15) is 0 Å². The van der Waals surface area contributed by atoms with Crippen LogP contribution in [0.4, 0.5) is 5.69 Å². The molecule has 7 heteroatoms. The van der Waals surface area contributed by atoms with Gasteiger partial charge in [0, 0.05) is 56.4 Å². The van der Waals surface area contributed by atoms with Crippen LogP contribution in [0, 0.1) is 6.92 Å². The average molecular weight is 378 g/mol. The lowest BCUT2D eigenvalue weighted by Gasteiger charge is -2.36. The molecule has 0 N–H and O–H groups in total. The molecule has 0 bridgehead atoms. The Labute approximate surface area is 165 Å². The Morgan fingerprint density at radius 2 is 1.75 bits per heavy atom. The minimum absolute atomic E-state index is 0.0797. The molecular formula is C21H26N6O. The number of hydrogen-bond donors (Lipinski definition) is 0. The SMILES string of the molecule is Cc1ncc(CN2CCN(c3ccc4ncnc(OC(C)C)c4c3)CC2)cn1. The molecule has 28 heavy (non-hydrogen) atoms. The highest BCUT2D eigenvalue weighted by molar-refractivity contribution is 5.86. The molecule has 3 heterocycles. The molecule has 4 rings (SSSR count). The lowest BCUT2D eigenvalue weighted by atomic mass is 10.1. The zero-order valence-corrected chi connectivity index (χ0v) is 16.7. The van der Waals surface area contributed by atoms with Crippen LogP contribution in [0.1, 0.15) is 25.2 Å². The van der Waals surface area contributed by atoms with Crippen LogP contribution in [-0.2, 0) is 6.54 Å². The lowest BCUT2D eigenvalue weighted by molar-refractivity contribution is 0.235. The van der Waals surface area contributed by atoms with Crippen molar-refractivity contribution in [3.05, 3.63) is 48.3 Å². The molecule has 0 atom stereocenters. The van der Waals surface area contributed by atoms with Crippen molar-refractivity contribution in [3.8, 4) is 5.88 Å². The minimum Gasteiger partial charge on any atom is -0.474 e. The van der Waals surface area contributed by atoms with E-state index in [0.29, 0.717) is 5.88 Å². The first-order chi connectivity index (χ1) is 13.6. The molecule has 0 unspecified atom stereocenters. The molecule has 0 saturated carbocycles. The smallest absolute Gasteiger partial charge is 0.224 e. The minimum atomic E-state index is 0.0797. The summed E-state index contributed by atoms with van der Waals surface area (Å²) in [4.78, 5) is 22.1. The predicted molar refractivity (Wildman–Crippen MR) is 110 cm³/mol. The number of ether oxygens (including phenoxy) is 1. The Hall–Kier alpha value is -2.80. The predicted octanol–water partition coefficient (Wildman–Crippen LogP) is 2.84. The molecule has 0 amide bonds. The van der Waals surface area contributed by atoms with Crippen LogP contribution in [0.5, 0.6) is 5.88 Å². The molecule has 1 fully saturated rings. The molecule has 7 nitrogen and oxygen atoms in total. The monoisotopic (exact) mass is 378 g/mol. The molecule has 1 saturated heterocycles. The molecule has 3 aromatic rings. The molecule has 0 aliphatic carbocycles. The molecule has 1 aliphatic heterocycles. The molecule has 0 spiro atoms. The standard InChI is InChI=1S/C21H26N6O/c1-15(2)28-21-19-10-18(4-5-20(19)24-14-25-21)27-8-6-26(7-9-27)13-17-11-22-16(3)23-12-17/h4-5,10-12,14-15H,6-9,13H2,1-3H3. The summed E-state index contributed by atoms with van der Waals surface area (Å²) < 4.78 is 5.87. The van der Waals surface area contributed by atoms with Crippen LogP contribution in [0.2, 0.25) is 0 Å². The number of aromatic nitrogens is 4. The number of hydrogen-bond acceptors (Lipinski definition) is 7. The molecule has 1 aliphatic rings. The van der Waals surface area contributed by atoms with Gasteiger partial charge in [0.1, 0.15) is 12.2 Å². The van der Waals surface area contributed by atoms with Gasteiger partial charge in [-0.3, -0.25) is 4.90 Å². The maximum absolute atomic E-state index is 5.87. The van der Waals surface area contributed by atoms with Crippen molar-refractivity contribution in [2.24, 2.45) is 0 Å². The van der Waals surface area contributed by atoms with E-state index in [4.69, 9.17) is 4.74 Å². The van der Waals surface area contributed by atoms with E-state index in [2.05, 4.69) is 47.9 Å². The van der Waals surface area contributed by atoms with Crippen molar-refractivity contribution < 1.29 is 4.74 Å². The van der Waals surface area contributed by atoms with Gasteiger partial charge < -0.3 is 9.64 Å². The van der Waals surface area contributed by atoms with E-state index < -0.39 is 0 Å². The summed E-state index contributed by atoms with van der Waals surface area (Å²) >= 11 is 0. The van der Waals surface area contributed by atoms with E-state index in [1.165, 1.54) is 5.69 Å². The van der Waals surface area contributed by atoms with Crippen molar-refractivity contribution in [3.63, 3.8) is 0 Å². The van der Waals surface area contributed by atoms with Crippen molar-refractivity contribution in [2.75, 3.05) is 31.1 Å². The number of fused-ring (bicyclic) bond motifs is 1. The highest BCUT2D eigenvalue weighted by atomic mass is 16.5. The third kappa shape index (κ3) is 4.20. The number of rotatable bonds is 5. The maximum Gasteiger partial charge on any atom is 0.224 e. The van der Waals surface area contributed by atoms with Crippen LogP contribution < -0.4 is 9.64 Å². The third-order valence-corrected chi connectivity index (χ3v) is 4.91. The summed E-state index contributed by atoms with van der Waals surface area (Å²) in [7, 11) is 0. The van der Waals surface area contributed by atoms with Gasteiger partial charge >= 0.3 is 0 Å². The summed E-state index contributed by atoms with van der Waals surface area (Å²) in [5.74, 6) is 1.47. The Morgan fingerprint density at radius 3 is 2.46 bits per heavy atom. The van der Waals surface area contributed by atoms with E-state index in [1.54, 1.807) is 6.33 Å². The molecular weight excluding hydrogens is 352 g/mol. The first-order valence-corrected chi connectivity index (χ1v) is 9.75. The number of benzene rings is 1. The van der Waals surface area contributed by atoms with Crippen molar-refractivity contribution in [1.29, 1.82) is 0 Å². The Bertz CT molecular complexity index is 935. The highest BCUT2D eigenvalue weighted by Crippen LogP contribution is 2.28. The fourth-order valence-electron chi connectivity index (χ4n) is 3.46. The second kappa shape index (κ2) is 8.06. The van der Waals surface area contributed by atoms with Gasteiger partial charge in [0.2, 0.25) is 5.88 Å². The van der Waals surface area contributed by atoms with E-state index >= 15 is 0 Å². The van der Waals surface area contributed by atoms with Crippen LogP contribution in [0.25, 0.3) is 10.9 Å². The maximum atomic E-state index is 5.87. The number of piperazine rings is 1. The van der Waals surface area contributed by atoms with Crippen molar-refractivity contribution in [1.82, 2.24) is 24.8 Å². The Morgan fingerprint density at radius 1 is 1.00 bits per heavy atom. The third-order valence-electron chi connectivity index (χ3n) is 4.91. The van der Waals surface area contributed by atoms with E-state index in [0.717, 1.165) is 55.0 Å². The van der Waals surface area contributed by atoms with Gasteiger partial charge in [-0.1, -0.05) is 0 Å². The first-order valence-electron chi connectivity index (χ1n) is 9.75. The Balaban J connectivity index is 1.45. The average Bonchev–Trinajstić information content (AvgIpc) is 2.70. The molecule has 146 valence electrons. The summed E-state index contributed by atoms with van der Waals surface area (Å²) in [5, 5.41) is 0.966. The summed E-state index contributed by atoms with van der Waals surface area (Å²) in [6.45, 7) is 10.8.